The van der Waals surface area contributed by atoms with Crippen LogP contribution in [0.3, 0.4) is 0 Å². The molecule has 1 aromatic rings. The second kappa shape index (κ2) is 5.82. The van der Waals surface area contributed by atoms with Gasteiger partial charge in [-0.15, -0.1) is 0 Å². The van der Waals surface area contributed by atoms with Gasteiger partial charge in [-0.1, -0.05) is 17.7 Å². The molecule has 0 spiro atoms. The first kappa shape index (κ1) is 12.9. The monoisotopic (exact) mass is 246 g/mol. The van der Waals surface area contributed by atoms with Crippen LogP contribution in [0.2, 0.25) is 5.02 Å². The van der Waals surface area contributed by atoms with Crippen molar-refractivity contribution < 1.29 is 19.0 Å². The lowest BCUT2D eigenvalue weighted by atomic mass is 10.1. The zero-order valence-electron chi connectivity index (χ0n) is 8.74. The van der Waals surface area contributed by atoms with Crippen molar-refractivity contribution in [2.45, 2.75) is 19.4 Å². The zero-order chi connectivity index (χ0) is 12.1. The third kappa shape index (κ3) is 3.47. The molecule has 16 heavy (non-hydrogen) atoms. The van der Waals surface area contributed by atoms with Crippen LogP contribution in [0.1, 0.15) is 25.0 Å². The molecule has 0 aliphatic carbocycles. The van der Waals surface area contributed by atoms with Crippen LogP contribution in [-0.4, -0.2) is 17.7 Å². The van der Waals surface area contributed by atoms with E-state index in [4.69, 9.17) is 11.6 Å². The number of rotatable bonds is 4. The molecular weight excluding hydrogens is 235 g/mol. The molecule has 0 aliphatic heterocycles. The highest BCUT2D eigenvalue weighted by atomic mass is 35.5. The van der Waals surface area contributed by atoms with Gasteiger partial charge in [0, 0.05) is 0 Å². The minimum atomic E-state index is -1.08. The normalized spacial score (nSPS) is 12.2. The lowest BCUT2D eigenvalue weighted by Crippen LogP contribution is -2.10. The molecule has 5 heteroatoms. The lowest BCUT2D eigenvalue weighted by molar-refractivity contribution is -0.145. The number of carbonyl (C=O) groups is 1. The molecule has 0 aliphatic rings. The van der Waals surface area contributed by atoms with E-state index in [2.05, 4.69) is 4.74 Å². The molecular formula is C11H12ClFO3. The average molecular weight is 247 g/mol. The van der Waals surface area contributed by atoms with Gasteiger partial charge in [0.2, 0.25) is 0 Å². The Morgan fingerprint density at radius 3 is 2.88 bits per heavy atom. The van der Waals surface area contributed by atoms with Crippen molar-refractivity contribution in [1.29, 1.82) is 0 Å². The fourth-order valence-electron chi connectivity index (χ4n) is 1.22. The van der Waals surface area contributed by atoms with E-state index in [0.717, 1.165) is 6.07 Å². The van der Waals surface area contributed by atoms with Gasteiger partial charge in [-0.2, -0.15) is 0 Å². The summed E-state index contributed by atoms with van der Waals surface area (Å²) in [7, 11) is 0. The first-order valence-electron chi connectivity index (χ1n) is 4.83. The van der Waals surface area contributed by atoms with Crippen LogP contribution in [0.4, 0.5) is 4.39 Å². The van der Waals surface area contributed by atoms with Crippen LogP contribution in [0.25, 0.3) is 0 Å². The Labute approximate surface area is 97.8 Å². The van der Waals surface area contributed by atoms with Gasteiger partial charge in [-0.05, 0) is 24.6 Å². The van der Waals surface area contributed by atoms with E-state index in [1.807, 2.05) is 0 Å². The summed E-state index contributed by atoms with van der Waals surface area (Å²) in [5.74, 6) is -1.15. The molecule has 0 saturated carbocycles. The summed E-state index contributed by atoms with van der Waals surface area (Å²) in [6, 6.07) is 3.90. The van der Waals surface area contributed by atoms with Gasteiger partial charge >= 0.3 is 5.97 Å². The van der Waals surface area contributed by atoms with Gasteiger partial charge in [0.15, 0.2) is 0 Å². The zero-order valence-corrected chi connectivity index (χ0v) is 9.50. The maximum Gasteiger partial charge on any atom is 0.308 e. The van der Waals surface area contributed by atoms with Crippen molar-refractivity contribution in [3.63, 3.8) is 0 Å². The van der Waals surface area contributed by atoms with E-state index >= 15 is 0 Å². The summed E-state index contributed by atoms with van der Waals surface area (Å²) in [5, 5.41) is 9.60. The maximum atomic E-state index is 13.1. The molecule has 0 heterocycles. The quantitative estimate of drug-likeness (QED) is 0.831. The van der Waals surface area contributed by atoms with E-state index in [-0.39, 0.29) is 18.1 Å². The van der Waals surface area contributed by atoms with Crippen LogP contribution >= 0.6 is 11.6 Å². The molecule has 1 N–H and O–H groups in total. The van der Waals surface area contributed by atoms with Crippen molar-refractivity contribution in [3.05, 3.63) is 34.6 Å². The van der Waals surface area contributed by atoms with Crippen molar-refractivity contribution in [2.24, 2.45) is 0 Å². The Bertz CT molecular complexity index is 381. The summed E-state index contributed by atoms with van der Waals surface area (Å²) in [4.78, 5) is 11.1. The highest BCUT2D eigenvalue weighted by molar-refractivity contribution is 6.30. The van der Waals surface area contributed by atoms with Crippen LogP contribution in [0.5, 0.6) is 0 Å². The predicted molar refractivity (Wildman–Crippen MR) is 57.6 cm³/mol. The third-order valence-corrected chi connectivity index (χ3v) is 2.30. The summed E-state index contributed by atoms with van der Waals surface area (Å²) in [6.45, 7) is 1.92. The number of hydrogen-bond donors (Lipinski definition) is 1. The molecule has 1 rings (SSSR count). The number of halogens is 2. The third-order valence-electron chi connectivity index (χ3n) is 1.99. The fourth-order valence-corrected chi connectivity index (χ4v) is 1.33. The second-order valence-electron chi connectivity index (χ2n) is 3.20. The van der Waals surface area contributed by atoms with Gasteiger partial charge in [0.05, 0.1) is 24.2 Å². The summed E-state index contributed by atoms with van der Waals surface area (Å²) in [6.07, 6.45) is -1.28. The minimum Gasteiger partial charge on any atom is -0.466 e. The first-order valence-corrected chi connectivity index (χ1v) is 5.21. The Balaban J connectivity index is 2.69. The van der Waals surface area contributed by atoms with Crippen LogP contribution < -0.4 is 0 Å². The van der Waals surface area contributed by atoms with Crippen molar-refractivity contribution in [1.82, 2.24) is 0 Å². The predicted octanol–water partition coefficient (Wildman–Crippen LogP) is 2.47. The first-order chi connectivity index (χ1) is 7.54. The second-order valence-corrected chi connectivity index (χ2v) is 3.61. The molecule has 0 amide bonds. The summed E-state index contributed by atoms with van der Waals surface area (Å²) >= 11 is 5.49. The SMILES string of the molecule is CCOC(=O)CC(O)c1ccc(Cl)c(F)c1. The average Bonchev–Trinajstić information content (AvgIpc) is 2.22. The highest BCUT2D eigenvalue weighted by Gasteiger charge is 2.15. The molecule has 0 fully saturated rings. The van der Waals surface area contributed by atoms with Gasteiger partial charge < -0.3 is 9.84 Å². The number of aliphatic hydroxyl groups is 1. The number of ether oxygens (including phenoxy) is 1. The largest absolute Gasteiger partial charge is 0.466 e. The number of hydrogen-bond acceptors (Lipinski definition) is 3. The van der Waals surface area contributed by atoms with Crippen molar-refractivity contribution in [2.75, 3.05) is 6.61 Å². The van der Waals surface area contributed by atoms with Gasteiger partial charge in [0.1, 0.15) is 5.82 Å². The van der Waals surface area contributed by atoms with E-state index < -0.39 is 17.9 Å². The Morgan fingerprint density at radius 2 is 2.31 bits per heavy atom. The summed E-state index contributed by atoms with van der Waals surface area (Å²) < 4.78 is 17.7. The molecule has 0 radical (unpaired) electrons. The molecule has 0 aromatic heterocycles. The number of aliphatic hydroxyl groups excluding tert-OH is 1. The fraction of sp³-hybridized carbons (Fsp3) is 0.364. The minimum absolute atomic E-state index is 0.0212. The molecule has 1 aromatic carbocycles. The van der Waals surface area contributed by atoms with E-state index in [9.17, 15) is 14.3 Å². The van der Waals surface area contributed by atoms with Gasteiger partial charge in [0.25, 0.3) is 0 Å². The Hall–Kier alpha value is -1.13. The molecule has 88 valence electrons. The number of benzene rings is 1. The van der Waals surface area contributed by atoms with Crippen molar-refractivity contribution >= 4 is 17.6 Å². The maximum absolute atomic E-state index is 13.1. The van der Waals surface area contributed by atoms with Crippen LogP contribution in [-0.2, 0) is 9.53 Å². The molecule has 1 unspecified atom stereocenters. The molecule has 1 atom stereocenters. The van der Waals surface area contributed by atoms with Crippen LogP contribution in [0.15, 0.2) is 18.2 Å². The molecule has 0 saturated heterocycles. The number of esters is 1. The standard InChI is InChI=1S/C11H12ClFO3/c1-2-16-11(15)6-10(14)7-3-4-8(12)9(13)5-7/h3-5,10,14H,2,6H2,1H3. The smallest absolute Gasteiger partial charge is 0.308 e. The Kier molecular flexibility index (Phi) is 4.71. The number of carbonyl (C=O) groups excluding carboxylic acids is 1. The lowest BCUT2D eigenvalue weighted by Gasteiger charge is -2.10. The van der Waals surface area contributed by atoms with Gasteiger partial charge in [-0.3, -0.25) is 4.79 Å². The van der Waals surface area contributed by atoms with E-state index in [1.54, 1.807) is 6.92 Å². The van der Waals surface area contributed by atoms with Gasteiger partial charge in [-0.25, -0.2) is 4.39 Å². The topological polar surface area (TPSA) is 46.5 Å². The van der Waals surface area contributed by atoms with Crippen molar-refractivity contribution in [3.8, 4) is 0 Å². The highest BCUT2D eigenvalue weighted by Crippen LogP contribution is 2.22. The van der Waals surface area contributed by atoms with Crippen LogP contribution in [0, 0.1) is 5.82 Å². The van der Waals surface area contributed by atoms with E-state index in [0.29, 0.717) is 5.56 Å². The Morgan fingerprint density at radius 1 is 1.62 bits per heavy atom. The van der Waals surface area contributed by atoms with E-state index in [1.165, 1.54) is 12.1 Å². The molecule has 3 nitrogen and oxygen atoms in total. The molecule has 0 bridgehead atoms. The summed E-state index contributed by atoms with van der Waals surface area (Å²) in [5.41, 5.74) is 0.301.